The summed E-state index contributed by atoms with van der Waals surface area (Å²) in [5.74, 6) is 0. The van der Waals surface area contributed by atoms with E-state index in [4.69, 9.17) is 96.2 Å². The Hall–Kier alpha value is 8.73. The number of phosphoric acid groups is 5. The molecule has 0 atom stereocenters. The summed E-state index contributed by atoms with van der Waals surface area (Å²) in [5, 5.41) is 0. The van der Waals surface area contributed by atoms with Gasteiger partial charge in [0.15, 0.2) is 0 Å². The Bertz CT molecular complexity index is 385. The van der Waals surface area contributed by atoms with Crippen molar-refractivity contribution < 1.29 is 353 Å². The van der Waals surface area contributed by atoms with E-state index < -0.39 is 39.1 Å². The zero-order valence-electron chi connectivity index (χ0n) is 15.8. The molecule has 0 saturated carbocycles. The molecular weight excluding hydrogens is 670 g/mol. The molecule has 10 N–H and O–H groups in total. The van der Waals surface area contributed by atoms with E-state index in [0.29, 0.717) is 0 Å². The van der Waals surface area contributed by atoms with Gasteiger partial charge in [-0.3, -0.25) is 0 Å². The molecule has 0 rings (SSSR count). The average Bonchev–Trinajstić information content (AvgIpc) is 1.79. The van der Waals surface area contributed by atoms with Crippen LogP contribution in [0.15, 0.2) is 0 Å². The first-order chi connectivity index (χ1) is 10.0. The molecule has 160 valence electrons. The van der Waals surface area contributed by atoms with E-state index >= 15 is 0 Å². The van der Waals surface area contributed by atoms with Crippen molar-refractivity contribution in [3.8, 4) is 0 Å². The molecule has 0 amide bonds. The fourth-order valence-electron chi connectivity index (χ4n) is 0. The number of rotatable bonds is 0. The Balaban J connectivity index is -0.0000000200. The molecule has 0 fully saturated rings. The van der Waals surface area contributed by atoms with Crippen LogP contribution in [0.2, 0.25) is 0 Å². The van der Waals surface area contributed by atoms with Crippen LogP contribution < -0.4 is 281 Å². The zero-order chi connectivity index (χ0) is 22.5. The van der Waals surface area contributed by atoms with Crippen LogP contribution in [0, 0.1) is 0 Å². The van der Waals surface area contributed by atoms with E-state index in [0.717, 1.165) is 0 Å². The minimum atomic E-state index is -5.39. The fraction of sp³-hybridized carbons (Fsp3) is 0. The number of hydrogen-bond donors (Lipinski definition) is 10. The number of hydrogen-bond acceptors (Lipinski definition) is 10. The van der Waals surface area contributed by atoms with E-state index in [-0.39, 0.29) is 257 Å². The molecule has 0 aliphatic carbocycles. The van der Waals surface area contributed by atoms with Gasteiger partial charge in [-0.2, -0.15) is 7.82 Å². The molecule has 0 aliphatic rings. The van der Waals surface area contributed by atoms with Crippen molar-refractivity contribution in [1.82, 2.24) is 0 Å². The first kappa shape index (κ1) is 66.8. The van der Waals surface area contributed by atoms with Crippen LogP contribution in [-0.2, 0) is 22.8 Å². The first-order valence-electron chi connectivity index (χ1n) is 3.83. The Morgan fingerprint density at radius 3 is 0.367 bits per heavy atom. The van der Waals surface area contributed by atoms with Crippen molar-refractivity contribution >= 4 is 39.1 Å². The minimum Gasteiger partial charge on any atom is -0.822 e. The SMILES string of the molecule is O=P(O)(O)O.O=P(O)(O)O.O=P(O)(O)O.O=P([O-])([O-])O.O=P([O-])([O-])[O-].[K+].[K+].[K+].[K+].[K+]. The van der Waals surface area contributed by atoms with Gasteiger partial charge in [-0.05, 0) is 0 Å². The third-order valence-electron chi connectivity index (χ3n) is 0. The Kier molecular flexibility index (Phi) is 75.6. The van der Waals surface area contributed by atoms with E-state index in [1.54, 1.807) is 0 Å². The van der Waals surface area contributed by atoms with Crippen LogP contribution in [0.5, 0.6) is 0 Å². The predicted molar refractivity (Wildman–Crippen MR) is 60.2 cm³/mol. The molecular formula is H10K5O20P5. The van der Waals surface area contributed by atoms with Gasteiger partial charge >= 0.3 is 280 Å². The van der Waals surface area contributed by atoms with Crippen LogP contribution in [0.25, 0.3) is 0 Å². The molecule has 0 aromatic carbocycles. The van der Waals surface area contributed by atoms with Crippen molar-refractivity contribution in [3.05, 3.63) is 0 Å². The summed E-state index contributed by atoms with van der Waals surface area (Å²) in [4.78, 5) is 115. The van der Waals surface area contributed by atoms with E-state index in [9.17, 15) is 0 Å². The second-order valence-electron chi connectivity index (χ2n) is 2.46. The van der Waals surface area contributed by atoms with Gasteiger partial charge < -0.3 is 82.5 Å². The largest absolute Gasteiger partial charge is 1.00 e. The van der Waals surface area contributed by atoms with Crippen LogP contribution >= 0.6 is 39.1 Å². The average molecular weight is 680 g/mol. The van der Waals surface area contributed by atoms with Gasteiger partial charge in [0.25, 0.3) is 0 Å². The van der Waals surface area contributed by atoms with Crippen LogP contribution in [0.1, 0.15) is 0 Å². The third kappa shape index (κ3) is 615. The molecule has 30 heavy (non-hydrogen) atoms. The summed E-state index contributed by atoms with van der Waals surface area (Å²) in [6, 6.07) is 0. The van der Waals surface area contributed by atoms with Gasteiger partial charge in [-0.25, -0.2) is 13.7 Å². The summed E-state index contributed by atoms with van der Waals surface area (Å²) in [5.41, 5.74) is 0. The van der Waals surface area contributed by atoms with Crippen LogP contribution in [0.4, 0.5) is 0 Å². The molecule has 0 bridgehead atoms. The van der Waals surface area contributed by atoms with Crippen LogP contribution in [-0.4, -0.2) is 48.9 Å². The minimum absolute atomic E-state index is 0. The molecule has 0 unspecified atom stereocenters. The molecule has 0 heterocycles. The summed E-state index contributed by atoms with van der Waals surface area (Å²) < 4.78 is 43.9. The smallest absolute Gasteiger partial charge is 0.822 e. The van der Waals surface area contributed by atoms with Gasteiger partial charge in [0.05, 0.1) is 7.82 Å². The molecule has 0 aromatic heterocycles. The zero-order valence-corrected chi connectivity index (χ0v) is 35.9. The topological polar surface area (TPSA) is 403 Å². The summed E-state index contributed by atoms with van der Waals surface area (Å²) in [6.45, 7) is 0. The summed E-state index contributed by atoms with van der Waals surface area (Å²) >= 11 is 0. The van der Waals surface area contributed by atoms with Crippen molar-refractivity contribution in [2.75, 3.05) is 0 Å². The van der Waals surface area contributed by atoms with Gasteiger partial charge in [0.1, 0.15) is 0 Å². The predicted octanol–water partition coefficient (Wildman–Crippen LogP) is -22.8. The third-order valence-corrected chi connectivity index (χ3v) is 0. The standard InChI is InChI=1S/5K.5H3O4P/c;;;;;5*1-5(2,3)4/h;;;;;5*(H3,1,2,3,4)/q5*+1;;;;;/p-5. The van der Waals surface area contributed by atoms with Crippen molar-refractivity contribution in [2.24, 2.45) is 0 Å². The van der Waals surface area contributed by atoms with Gasteiger partial charge in [0.2, 0.25) is 0 Å². The van der Waals surface area contributed by atoms with E-state index in [1.807, 2.05) is 0 Å². The summed E-state index contributed by atoms with van der Waals surface area (Å²) in [7, 11) is -24.4. The van der Waals surface area contributed by atoms with Crippen molar-refractivity contribution in [1.29, 1.82) is 0 Å². The molecule has 0 spiro atoms. The molecule has 30 heteroatoms. The fourth-order valence-corrected chi connectivity index (χ4v) is 0. The second-order valence-corrected chi connectivity index (χ2v) is 7.37. The van der Waals surface area contributed by atoms with E-state index in [2.05, 4.69) is 0 Å². The van der Waals surface area contributed by atoms with Gasteiger partial charge in [0, 0.05) is 0 Å². The maximum Gasteiger partial charge on any atom is 1.00 e. The monoisotopic (exact) mass is 680 g/mol. The normalized spacial score (nSPS) is 9.83. The maximum absolute atomic E-state index is 8.88. The molecule has 0 saturated heterocycles. The van der Waals surface area contributed by atoms with E-state index in [1.165, 1.54) is 0 Å². The Morgan fingerprint density at radius 1 is 0.367 bits per heavy atom. The molecule has 0 aliphatic heterocycles. The van der Waals surface area contributed by atoms with Crippen LogP contribution in [0.3, 0.4) is 0 Å². The quantitative estimate of drug-likeness (QED) is 0.0838. The Labute approximate surface area is 381 Å². The first-order valence-corrected chi connectivity index (χ1v) is 11.5. The van der Waals surface area contributed by atoms with Gasteiger partial charge in [-0.1, -0.05) is 0 Å². The molecule has 0 radical (unpaired) electrons. The van der Waals surface area contributed by atoms with Gasteiger partial charge in [-0.15, -0.1) is 0 Å². The van der Waals surface area contributed by atoms with Crippen molar-refractivity contribution in [3.63, 3.8) is 0 Å². The van der Waals surface area contributed by atoms with Crippen molar-refractivity contribution in [2.45, 2.75) is 0 Å². The summed E-state index contributed by atoms with van der Waals surface area (Å²) in [6.07, 6.45) is 0. The maximum atomic E-state index is 8.88. The molecule has 20 nitrogen and oxygen atoms in total. The second kappa shape index (κ2) is 33.9. The Morgan fingerprint density at radius 2 is 0.367 bits per heavy atom. The molecule has 0 aromatic rings.